The summed E-state index contributed by atoms with van der Waals surface area (Å²) in [6.07, 6.45) is 0.537. The summed E-state index contributed by atoms with van der Waals surface area (Å²) < 4.78 is 19.0. The zero-order valence-corrected chi connectivity index (χ0v) is 13.2. The van der Waals surface area contributed by atoms with Crippen LogP contribution in [0, 0.1) is 37.9 Å². The van der Waals surface area contributed by atoms with Gasteiger partial charge in [-0.15, -0.1) is 0 Å². The van der Waals surface area contributed by atoms with Crippen molar-refractivity contribution in [1.82, 2.24) is 0 Å². The Morgan fingerprint density at radius 2 is 1.77 bits per heavy atom. The number of benzene rings is 2. The topological polar surface area (TPSA) is 33.0 Å². The van der Waals surface area contributed by atoms with Crippen molar-refractivity contribution in [3.05, 3.63) is 64.5 Å². The second kappa shape index (κ2) is 7.09. The number of hydrogen-bond donors (Lipinski definition) is 0. The molecule has 0 fully saturated rings. The summed E-state index contributed by atoms with van der Waals surface area (Å²) in [6, 6.07) is 12.8. The van der Waals surface area contributed by atoms with Crippen LogP contribution in [0.25, 0.3) is 0 Å². The summed E-state index contributed by atoms with van der Waals surface area (Å²) in [5, 5.41) is 9.47. The molecule has 3 heteroatoms. The molecule has 1 atom stereocenters. The minimum absolute atomic E-state index is 0.233. The molecule has 2 aromatic rings. The Morgan fingerprint density at radius 3 is 2.36 bits per heavy atom. The van der Waals surface area contributed by atoms with Gasteiger partial charge in [0.05, 0.1) is 18.6 Å². The highest BCUT2D eigenvalue weighted by molar-refractivity contribution is 5.42. The second-order valence-corrected chi connectivity index (χ2v) is 5.56. The molecule has 0 radical (unpaired) electrons. The maximum atomic E-state index is 13.5. The van der Waals surface area contributed by atoms with E-state index in [0.717, 1.165) is 16.7 Å². The minimum atomic E-state index is -0.376. The van der Waals surface area contributed by atoms with Gasteiger partial charge in [-0.25, -0.2) is 4.39 Å². The number of ether oxygens (including phenoxy) is 1. The minimum Gasteiger partial charge on any atom is -0.490 e. The molecule has 2 nitrogen and oxygen atoms in total. The maximum Gasteiger partial charge on any atom is 0.165 e. The molecular weight excluding hydrogens is 277 g/mol. The van der Waals surface area contributed by atoms with Crippen LogP contribution in [0.15, 0.2) is 36.4 Å². The van der Waals surface area contributed by atoms with Crippen molar-refractivity contribution >= 4 is 0 Å². The van der Waals surface area contributed by atoms with Gasteiger partial charge in [0.2, 0.25) is 0 Å². The summed E-state index contributed by atoms with van der Waals surface area (Å²) in [6.45, 7) is 6.41. The molecule has 114 valence electrons. The molecule has 0 bridgehead atoms. The fourth-order valence-electron chi connectivity index (χ4n) is 2.86. The Balaban J connectivity index is 2.08. The van der Waals surface area contributed by atoms with E-state index in [0.29, 0.717) is 13.0 Å². The maximum absolute atomic E-state index is 13.5. The van der Waals surface area contributed by atoms with E-state index in [4.69, 9.17) is 4.74 Å². The summed E-state index contributed by atoms with van der Waals surface area (Å²) in [5.74, 6) is -0.386. The van der Waals surface area contributed by atoms with Crippen molar-refractivity contribution in [2.45, 2.75) is 33.1 Å². The number of rotatable bonds is 5. The van der Waals surface area contributed by atoms with Crippen molar-refractivity contribution in [1.29, 1.82) is 5.26 Å². The molecule has 22 heavy (non-hydrogen) atoms. The number of aryl methyl sites for hydroxylation is 3. The van der Waals surface area contributed by atoms with Crippen LogP contribution < -0.4 is 4.74 Å². The average Bonchev–Trinajstić information content (AvgIpc) is 2.46. The fourth-order valence-corrected chi connectivity index (χ4v) is 2.86. The smallest absolute Gasteiger partial charge is 0.165 e. The summed E-state index contributed by atoms with van der Waals surface area (Å²) >= 11 is 0. The first-order valence-electron chi connectivity index (χ1n) is 7.37. The van der Waals surface area contributed by atoms with Gasteiger partial charge in [0.15, 0.2) is 11.6 Å². The molecule has 2 rings (SSSR count). The Labute approximate surface area is 131 Å². The quantitative estimate of drug-likeness (QED) is 0.792. The Morgan fingerprint density at radius 1 is 1.14 bits per heavy atom. The molecule has 0 aliphatic rings. The lowest BCUT2D eigenvalue weighted by molar-refractivity contribution is 0.291. The van der Waals surface area contributed by atoms with Gasteiger partial charge < -0.3 is 4.74 Å². The zero-order chi connectivity index (χ0) is 16.1. The number of halogens is 1. The lowest BCUT2D eigenvalue weighted by Crippen LogP contribution is -2.08. The standard InChI is InChI=1S/C19H20FNO/c1-13-10-14(2)19(15(3)11-13)16(12-21)8-9-22-18-7-5-4-6-17(18)20/h4-7,10-11,16H,8-9H2,1-3H3. The Hall–Kier alpha value is -2.34. The first-order valence-corrected chi connectivity index (χ1v) is 7.37. The van der Waals surface area contributed by atoms with Gasteiger partial charge in [0.25, 0.3) is 0 Å². The number of para-hydroxylation sites is 1. The van der Waals surface area contributed by atoms with Gasteiger partial charge in [-0.1, -0.05) is 29.8 Å². The van der Waals surface area contributed by atoms with Crippen LogP contribution >= 0.6 is 0 Å². The average molecular weight is 297 g/mol. The van der Waals surface area contributed by atoms with Crippen LogP contribution in [0.2, 0.25) is 0 Å². The number of hydrogen-bond acceptors (Lipinski definition) is 2. The van der Waals surface area contributed by atoms with Crippen LogP contribution in [-0.2, 0) is 0 Å². The molecule has 0 N–H and O–H groups in total. The monoisotopic (exact) mass is 297 g/mol. The van der Waals surface area contributed by atoms with Crippen molar-refractivity contribution in [3.8, 4) is 11.8 Å². The normalized spacial score (nSPS) is 11.8. The number of nitriles is 1. The van der Waals surface area contributed by atoms with E-state index in [-0.39, 0.29) is 17.5 Å². The second-order valence-electron chi connectivity index (χ2n) is 5.56. The molecule has 0 amide bonds. The van der Waals surface area contributed by atoms with E-state index in [1.807, 2.05) is 20.8 Å². The van der Waals surface area contributed by atoms with Crippen LogP contribution in [0.1, 0.15) is 34.6 Å². The van der Waals surface area contributed by atoms with Crippen molar-refractivity contribution < 1.29 is 9.13 Å². The van der Waals surface area contributed by atoms with Gasteiger partial charge in [-0.2, -0.15) is 5.26 Å². The third-order valence-corrected chi connectivity index (χ3v) is 3.74. The SMILES string of the molecule is Cc1cc(C)c(C(C#N)CCOc2ccccc2F)c(C)c1. The molecule has 1 unspecified atom stereocenters. The first-order chi connectivity index (χ1) is 10.5. The zero-order valence-electron chi connectivity index (χ0n) is 13.2. The number of nitrogens with zero attached hydrogens (tertiary/aromatic N) is 1. The molecule has 0 saturated carbocycles. The fraction of sp³-hybridized carbons (Fsp3) is 0.316. The molecule has 0 aliphatic heterocycles. The van der Waals surface area contributed by atoms with Crippen LogP contribution in [0.3, 0.4) is 0 Å². The van der Waals surface area contributed by atoms with E-state index in [2.05, 4.69) is 18.2 Å². The van der Waals surface area contributed by atoms with Gasteiger partial charge in [0.1, 0.15) is 0 Å². The lowest BCUT2D eigenvalue weighted by atomic mass is 9.88. The predicted molar refractivity (Wildman–Crippen MR) is 85.5 cm³/mol. The molecule has 0 spiro atoms. The predicted octanol–water partition coefficient (Wildman–Crippen LogP) is 4.83. The van der Waals surface area contributed by atoms with E-state index in [1.54, 1.807) is 18.2 Å². The Bertz CT molecular complexity index is 680. The van der Waals surface area contributed by atoms with Crippen LogP contribution in [0.5, 0.6) is 5.75 Å². The molecule has 2 aromatic carbocycles. The van der Waals surface area contributed by atoms with Gasteiger partial charge in [-0.05, 0) is 49.6 Å². The summed E-state index contributed by atoms with van der Waals surface area (Å²) in [4.78, 5) is 0. The molecule has 0 saturated heterocycles. The third kappa shape index (κ3) is 3.65. The van der Waals surface area contributed by atoms with Crippen LogP contribution in [0.4, 0.5) is 4.39 Å². The van der Waals surface area contributed by atoms with Crippen LogP contribution in [-0.4, -0.2) is 6.61 Å². The van der Waals surface area contributed by atoms with Gasteiger partial charge >= 0.3 is 0 Å². The molecule has 0 aliphatic carbocycles. The van der Waals surface area contributed by atoms with E-state index < -0.39 is 0 Å². The third-order valence-electron chi connectivity index (χ3n) is 3.74. The van der Waals surface area contributed by atoms with Crippen molar-refractivity contribution in [3.63, 3.8) is 0 Å². The lowest BCUT2D eigenvalue weighted by Gasteiger charge is -2.17. The van der Waals surface area contributed by atoms with Gasteiger partial charge in [0, 0.05) is 6.42 Å². The van der Waals surface area contributed by atoms with Crippen molar-refractivity contribution in [2.24, 2.45) is 0 Å². The van der Waals surface area contributed by atoms with Crippen molar-refractivity contribution in [2.75, 3.05) is 6.61 Å². The molecule has 0 aromatic heterocycles. The summed E-state index contributed by atoms with van der Waals surface area (Å²) in [5.41, 5.74) is 4.49. The van der Waals surface area contributed by atoms with E-state index in [1.165, 1.54) is 11.6 Å². The highest BCUT2D eigenvalue weighted by Crippen LogP contribution is 2.27. The first kappa shape index (κ1) is 16.0. The highest BCUT2D eigenvalue weighted by atomic mass is 19.1. The molecular formula is C19H20FNO. The molecule has 0 heterocycles. The largest absolute Gasteiger partial charge is 0.490 e. The highest BCUT2D eigenvalue weighted by Gasteiger charge is 2.16. The van der Waals surface area contributed by atoms with Gasteiger partial charge in [-0.3, -0.25) is 0 Å². The van der Waals surface area contributed by atoms with E-state index in [9.17, 15) is 9.65 Å². The Kier molecular flexibility index (Phi) is 5.16. The van der Waals surface area contributed by atoms with E-state index >= 15 is 0 Å². The summed E-state index contributed by atoms with van der Waals surface area (Å²) in [7, 11) is 0.